The molecule has 1 aromatic heterocycles. The van der Waals surface area contributed by atoms with Gasteiger partial charge in [-0.25, -0.2) is 4.79 Å². The zero-order valence-electron chi connectivity index (χ0n) is 14.5. The molecule has 0 atom stereocenters. The third kappa shape index (κ3) is 4.39. The molecule has 2 aromatic carbocycles. The maximum Gasteiger partial charge on any atom is 0.338 e. The summed E-state index contributed by atoms with van der Waals surface area (Å²) >= 11 is 0. The van der Waals surface area contributed by atoms with Gasteiger partial charge in [0, 0.05) is 23.6 Å². The van der Waals surface area contributed by atoms with Crippen LogP contribution in [0, 0.1) is 0 Å². The second-order valence-electron chi connectivity index (χ2n) is 5.79. The second kappa shape index (κ2) is 8.16. The van der Waals surface area contributed by atoms with Gasteiger partial charge in [-0.3, -0.25) is 4.79 Å². The molecule has 1 heterocycles. The van der Waals surface area contributed by atoms with Crippen LogP contribution in [0.1, 0.15) is 22.8 Å². The number of esters is 1. The monoisotopic (exact) mass is 348 g/mol. The Morgan fingerprint density at radius 1 is 1.00 bits per heavy atom. The predicted octanol–water partition coefficient (Wildman–Crippen LogP) is 3.82. The molecule has 1 N–H and O–H groups in total. The maximum atomic E-state index is 11.8. The highest BCUT2D eigenvalue weighted by molar-refractivity contribution is 5.90. The van der Waals surface area contributed by atoms with Crippen LogP contribution in [-0.2, 0) is 11.3 Å². The van der Waals surface area contributed by atoms with E-state index in [0.717, 1.165) is 16.9 Å². The SMILES string of the molecule is CCOC(=O)c1cccc(Nc2ccc(Cn3ccccc3=O)cc2)c1. The van der Waals surface area contributed by atoms with Crippen molar-refractivity contribution >= 4 is 17.3 Å². The molecular weight excluding hydrogens is 328 g/mol. The first-order valence-electron chi connectivity index (χ1n) is 8.44. The summed E-state index contributed by atoms with van der Waals surface area (Å²) in [4.78, 5) is 23.6. The molecule has 5 nitrogen and oxygen atoms in total. The maximum absolute atomic E-state index is 11.8. The Balaban J connectivity index is 1.70. The van der Waals surface area contributed by atoms with Gasteiger partial charge >= 0.3 is 5.97 Å². The minimum atomic E-state index is -0.334. The molecule has 0 aliphatic carbocycles. The molecule has 3 rings (SSSR count). The van der Waals surface area contributed by atoms with Gasteiger partial charge in [0.15, 0.2) is 0 Å². The van der Waals surface area contributed by atoms with Gasteiger partial charge in [-0.05, 0) is 48.9 Å². The fourth-order valence-electron chi connectivity index (χ4n) is 2.59. The van der Waals surface area contributed by atoms with E-state index >= 15 is 0 Å². The number of carbonyl (C=O) groups is 1. The van der Waals surface area contributed by atoms with E-state index < -0.39 is 0 Å². The van der Waals surface area contributed by atoms with Crippen LogP contribution >= 0.6 is 0 Å². The van der Waals surface area contributed by atoms with E-state index in [1.165, 1.54) is 0 Å². The van der Waals surface area contributed by atoms with E-state index in [-0.39, 0.29) is 11.5 Å². The van der Waals surface area contributed by atoms with Gasteiger partial charge < -0.3 is 14.6 Å². The van der Waals surface area contributed by atoms with Crippen LogP contribution in [0.4, 0.5) is 11.4 Å². The van der Waals surface area contributed by atoms with Crippen LogP contribution in [0.3, 0.4) is 0 Å². The van der Waals surface area contributed by atoms with Crippen molar-refractivity contribution in [3.05, 3.63) is 94.4 Å². The minimum absolute atomic E-state index is 0.0227. The van der Waals surface area contributed by atoms with E-state index in [2.05, 4.69) is 5.32 Å². The zero-order chi connectivity index (χ0) is 18.4. The van der Waals surface area contributed by atoms with Gasteiger partial charge in [-0.2, -0.15) is 0 Å². The number of rotatable bonds is 6. The van der Waals surface area contributed by atoms with Gasteiger partial charge in [0.1, 0.15) is 0 Å². The summed E-state index contributed by atoms with van der Waals surface area (Å²) in [5.41, 5.74) is 3.23. The lowest BCUT2D eigenvalue weighted by molar-refractivity contribution is 0.0526. The Hall–Kier alpha value is -3.34. The molecule has 0 radical (unpaired) electrons. The standard InChI is InChI=1S/C21H20N2O3/c1-2-26-21(25)17-6-5-7-19(14-17)22-18-11-9-16(10-12-18)15-23-13-4-3-8-20(23)24/h3-14,22H,2,15H2,1H3. The Morgan fingerprint density at radius 2 is 1.81 bits per heavy atom. The van der Waals surface area contributed by atoms with Gasteiger partial charge in [-0.1, -0.05) is 24.3 Å². The molecule has 0 fully saturated rings. The highest BCUT2D eigenvalue weighted by Crippen LogP contribution is 2.19. The molecule has 0 saturated heterocycles. The average Bonchev–Trinajstić information content (AvgIpc) is 2.66. The van der Waals surface area contributed by atoms with Crippen molar-refractivity contribution in [3.8, 4) is 0 Å². The van der Waals surface area contributed by atoms with Crippen LogP contribution in [0.25, 0.3) is 0 Å². The predicted molar refractivity (Wildman–Crippen MR) is 102 cm³/mol. The van der Waals surface area contributed by atoms with Crippen LogP contribution in [0.2, 0.25) is 0 Å². The number of nitrogens with one attached hydrogen (secondary N) is 1. The third-order valence-corrected chi connectivity index (χ3v) is 3.87. The van der Waals surface area contributed by atoms with Crippen molar-refractivity contribution in [3.63, 3.8) is 0 Å². The highest BCUT2D eigenvalue weighted by atomic mass is 16.5. The topological polar surface area (TPSA) is 60.3 Å². The van der Waals surface area contributed by atoms with E-state index in [4.69, 9.17) is 4.74 Å². The number of benzene rings is 2. The molecule has 3 aromatic rings. The number of ether oxygens (including phenoxy) is 1. The molecule has 0 bridgehead atoms. The third-order valence-electron chi connectivity index (χ3n) is 3.87. The fourth-order valence-corrected chi connectivity index (χ4v) is 2.59. The molecule has 0 aliphatic heterocycles. The number of hydrogen-bond donors (Lipinski definition) is 1. The lowest BCUT2D eigenvalue weighted by Crippen LogP contribution is -2.18. The van der Waals surface area contributed by atoms with Crippen LogP contribution in [-0.4, -0.2) is 17.1 Å². The molecule has 0 spiro atoms. The molecule has 0 saturated carbocycles. The average molecular weight is 348 g/mol. The second-order valence-corrected chi connectivity index (χ2v) is 5.79. The van der Waals surface area contributed by atoms with Crippen molar-refractivity contribution in [2.45, 2.75) is 13.5 Å². The van der Waals surface area contributed by atoms with Crippen molar-refractivity contribution in [2.24, 2.45) is 0 Å². The lowest BCUT2D eigenvalue weighted by atomic mass is 10.1. The van der Waals surface area contributed by atoms with Gasteiger partial charge in [0.2, 0.25) is 0 Å². The largest absolute Gasteiger partial charge is 0.462 e. The van der Waals surface area contributed by atoms with Crippen molar-refractivity contribution in [1.29, 1.82) is 0 Å². The first-order chi connectivity index (χ1) is 12.7. The summed E-state index contributed by atoms with van der Waals surface area (Å²) in [6.07, 6.45) is 1.77. The molecule has 0 aliphatic rings. The number of hydrogen-bond acceptors (Lipinski definition) is 4. The van der Waals surface area contributed by atoms with Crippen molar-refractivity contribution < 1.29 is 9.53 Å². The number of nitrogens with zero attached hydrogens (tertiary/aromatic N) is 1. The molecule has 26 heavy (non-hydrogen) atoms. The first kappa shape index (κ1) is 17.5. The lowest BCUT2D eigenvalue weighted by Gasteiger charge is -2.10. The highest BCUT2D eigenvalue weighted by Gasteiger charge is 2.07. The van der Waals surface area contributed by atoms with Crippen molar-refractivity contribution in [1.82, 2.24) is 4.57 Å². The van der Waals surface area contributed by atoms with Gasteiger partial charge in [0.25, 0.3) is 5.56 Å². The van der Waals surface area contributed by atoms with Crippen molar-refractivity contribution in [2.75, 3.05) is 11.9 Å². The van der Waals surface area contributed by atoms with E-state index in [1.54, 1.807) is 42.0 Å². The van der Waals surface area contributed by atoms with E-state index in [9.17, 15) is 9.59 Å². The summed E-state index contributed by atoms with van der Waals surface area (Å²) < 4.78 is 6.68. The number of anilines is 2. The Bertz CT molecular complexity index is 946. The van der Waals surface area contributed by atoms with Gasteiger partial charge in [0.05, 0.1) is 18.7 Å². The smallest absolute Gasteiger partial charge is 0.338 e. The normalized spacial score (nSPS) is 10.3. The first-order valence-corrected chi connectivity index (χ1v) is 8.44. The molecule has 5 heteroatoms. The van der Waals surface area contributed by atoms with E-state index in [1.807, 2.05) is 42.5 Å². The Morgan fingerprint density at radius 3 is 2.54 bits per heavy atom. The number of pyridine rings is 1. The van der Waals surface area contributed by atoms with Crippen LogP contribution in [0.5, 0.6) is 0 Å². The molecule has 0 amide bonds. The van der Waals surface area contributed by atoms with Gasteiger partial charge in [-0.15, -0.1) is 0 Å². The zero-order valence-corrected chi connectivity index (χ0v) is 14.5. The van der Waals surface area contributed by atoms with E-state index in [0.29, 0.717) is 18.7 Å². The summed E-state index contributed by atoms with van der Waals surface area (Å²) in [5, 5.41) is 3.27. The fraction of sp³-hybridized carbons (Fsp3) is 0.143. The number of aromatic nitrogens is 1. The summed E-state index contributed by atoms with van der Waals surface area (Å²) in [6.45, 7) is 2.66. The summed E-state index contributed by atoms with van der Waals surface area (Å²) in [6, 6.07) is 20.1. The van der Waals surface area contributed by atoms with Crippen LogP contribution < -0.4 is 10.9 Å². The summed E-state index contributed by atoms with van der Waals surface area (Å²) in [5.74, 6) is -0.334. The molecular formula is C21H20N2O3. The minimum Gasteiger partial charge on any atom is -0.462 e. The molecule has 132 valence electrons. The quantitative estimate of drug-likeness (QED) is 0.688. The molecule has 0 unspecified atom stereocenters. The summed E-state index contributed by atoms with van der Waals surface area (Å²) in [7, 11) is 0. The Kier molecular flexibility index (Phi) is 5.49. The van der Waals surface area contributed by atoms with Crippen LogP contribution in [0.15, 0.2) is 77.7 Å². The number of carbonyl (C=O) groups excluding carboxylic acids is 1. The Labute approximate surface area is 151 Å².